The molecular formula is C20H37ClN2O13. The molecule has 0 aliphatic carbocycles. The average Bonchev–Trinajstić information content (AvgIpc) is 2.88. The lowest BCUT2D eigenvalue weighted by molar-refractivity contribution is -0.347. The summed E-state index contributed by atoms with van der Waals surface area (Å²) < 4.78 is 26.9. The maximum atomic E-state index is 12.8. The van der Waals surface area contributed by atoms with E-state index in [1.54, 1.807) is 0 Å². The molecule has 0 saturated carbocycles. The van der Waals surface area contributed by atoms with Crippen LogP contribution in [0, 0.1) is 0 Å². The van der Waals surface area contributed by atoms with Gasteiger partial charge >= 0.3 is 6.03 Å². The fourth-order valence-electron chi connectivity index (χ4n) is 3.99. The number of hydrogen-bond acceptors (Lipinski definition) is 13. The van der Waals surface area contributed by atoms with E-state index in [1.165, 1.54) is 14.2 Å². The maximum Gasteiger partial charge on any atom is 0.319 e. The topological polar surface area (TPSA) is 220 Å². The molecule has 2 heterocycles. The Labute approximate surface area is 213 Å². The van der Waals surface area contributed by atoms with E-state index in [1.807, 2.05) is 0 Å². The molecule has 2 saturated heterocycles. The number of urea groups is 1. The molecule has 2 aliphatic heterocycles. The molecule has 2 fully saturated rings. The molecule has 16 heteroatoms. The van der Waals surface area contributed by atoms with Crippen LogP contribution < -0.4 is 5.32 Å². The van der Waals surface area contributed by atoms with Crippen molar-refractivity contribution in [2.75, 3.05) is 53.0 Å². The second kappa shape index (κ2) is 14.9. The summed E-state index contributed by atoms with van der Waals surface area (Å²) in [7, 11) is 2.83. The zero-order chi connectivity index (χ0) is 27.0. The van der Waals surface area contributed by atoms with Crippen LogP contribution >= 0.6 is 11.6 Å². The number of rotatable bonds is 12. The van der Waals surface area contributed by atoms with Crippen LogP contribution in [0.5, 0.6) is 0 Å². The number of aliphatic hydroxyl groups is 7. The number of carbonyl (C=O) groups excluding carboxylic acids is 1. The lowest BCUT2D eigenvalue weighted by Crippen LogP contribution is -2.68. The van der Waals surface area contributed by atoms with Gasteiger partial charge in [0.25, 0.3) is 0 Å². The number of hydrogen-bond donors (Lipinski definition) is 8. The number of halogens is 1. The van der Waals surface area contributed by atoms with Crippen molar-refractivity contribution in [3.8, 4) is 0 Å². The number of amides is 2. The Balaban J connectivity index is 2.24. The number of nitrogens with one attached hydrogen (secondary N) is 1. The van der Waals surface area contributed by atoms with Crippen LogP contribution in [0.25, 0.3) is 0 Å². The fourth-order valence-corrected chi connectivity index (χ4v) is 4.08. The summed E-state index contributed by atoms with van der Waals surface area (Å²) in [5.41, 5.74) is 0. The van der Waals surface area contributed by atoms with Crippen LogP contribution in [0.1, 0.15) is 0 Å². The molecule has 0 spiro atoms. The van der Waals surface area contributed by atoms with E-state index in [-0.39, 0.29) is 25.6 Å². The second-order valence-corrected chi connectivity index (χ2v) is 8.79. The quantitative estimate of drug-likeness (QED) is 0.108. The third-order valence-corrected chi connectivity index (χ3v) is 6.19. The predicted octanol–water partition coefficient (Wildman–Crippen LogP) is -4.48. The molecule has 2 amide bonds. The van der Waals surface area contributed by atoms with Crippen molar-refractivity contribution in [1.82, 2.24) is 10.2 Å². The summed E-state index contributed by atoms with van der Waals surface area (Å²) in [4.78, 5) is 13.9. The van der Waals surface area contributed by atoms with Crippen molar-refractivity contribution in [3.63, 3.8) is 0 Å². The van der Waals surface area contributed by atoms with E-state index in [2.05, 4.69) is 5.32 Å². The van der Waals surface area contributed by atoms with E-state index in [4.69, 9.17) is 35.3 Å². The van der Waals surface area contributed by atoms with Gasteiger partial charge in [0.15, 0.2) is 12.5 Å². The van der Waals surface area contributed by atoms with Crippen molar-refractivity contribution in [1.29, 1.82) is 0 Å². The Morgan fingerprint density at radius 1 is 0.972 bits per heavy atom. The molecule has 0 bridgehead atoms. The number of methoxy groups -OCH3 is 2. The zero-order valence-electron chi connectivity index (χ0n) is 20.0. The van der Waals surface area contributed by atoms with Gasteiger partial charge in [-0.25, -0.2) is 4.79 Å². The van der Waals surface area contributed by atoms with Crippen LogP contribution in [0.4, 0.5) is 4.79 Å². The smallest absolute Gasteiger partial charge is 0.319 e. The molecule has 36 heavy (non-hydrogen) atoms. The first kappa shape index (κ1) is 31.3. The van der Waals surface area contributed by atoms with Gasteiger partial charge in [0, 0.05) is 26.6 Å². The minimum absolute atomic E-state index is 0.0907. The lowest BCUT2D eigenvalue weighted by atomic mass is 9.96. The number of nitrogens with zero attached hydrogens (tertiary/aromatic N) is 1. The van der Waals surface area contributed by atoms with Gasteiger partial charge in [-0.2, -0.15) is 0 Å². The summed E-state index contributed by atoms with van der Waals surface area (Å²) in [6.07, 6.45) is -16.6. The van der Waals surface area contributed by atoms with Crippen LogP contribution in [0.15, 0.2) is 0 Å². The molecule has 15 nitrogen and oxygen atoms in total. The third kappa shape index (κ3) is 7.35. The minimum atomic E-state index is -1.79. The zero-order valence-corrected chi connectivity index (χ0v) is 20.8. The first-order valence-electron chi connectivity index (χ1n) is 11.4. The first-order valence-corrected chi connectivity index (χ1v) is 11.9. The minimum Gasteiger partial charge on any atom is -0.394 e. The van der Waals surface area contributed by atoms with Crippen molar-refractivity contribution in [2.24, 2.45) is 0 Å². The molecule has 2 rings (SSSR count). The summed E-state index contributed by atoms with van der Waals surface area (Å²) in [5, 5.41) is 73.8. The molecular weight excluding hydrogens is 512 g/mol. The summed E-state index contributed by atoms with van der Waals surface area (Å²) >= 11 is 5.65. The van der Waals surface area contributed by atoms with Crippen LogP contribution in [-0.2, 0) is 23.7 Å². The molecule has 212 valence electrons. The van der Waals surface area contributed by atoms with E-state index in [0.29, 0.717) is 0 Å². The lowest BCUT2D eigenvalue weighted by Gasteiger charge is -2.48. The number of aliphatic hydroxyl groups excluding tert-OH is 7. The number of carbonyl (C=O) groups is 1. The fraction of sp³-hybridized carbons (Fsp3) is 0.950. The van der Waals surface area contributed by atoms with E-state index >= 15 is 0 Å². The summed E-state index contributed by atoms with van der Waals surface area (Å²) in [6.45, 7) is -1.41. The summed E-state index contributed by atoms with van der Waals surface area (Å²) in [5.74, 6) is 0.107. The molecule has 2 unspecified atom stereocenters. The number of alkyl halides is 1. The molecule has 0 radical (unpaired) electrons. The van der Waals surface area contributed by atoms with Gasteiger partial charge in [0.1, 0.15) is 48.8 Å². The Morgan fingerprint density at radius 3 is 2.19 bits per heavy atom. The average molecular weight is 549 g/mol. The highest BCUT2D eigenvalue weighted by molar-refractivity contribution is 6.18. The molecule has 8 N–H and O–H groups in total. The Kier molecular flexibility index (Phi) is 12.9. The maximum absolute atomic E-state index is 12.8. The Hall–Kier alpha value is -0.920. The van der Waals surface area contributed by atoms with Gasteiger partial charge in [-0.15, -0.1) is 11.6 Å². The molecule has 0 aromatic heterocycles. The SMILES string of the molecule is COCC(CN(C(=O)NCCCl)C1O[C@H](CO)[C@@H](O[C@H]2O[C@H](CO)[C@@H](O)[C@H](O)[C@H]2O)[C@H](O)[C@H]1O)OC. The Bertz CT molecular complexity index is 663. The van der Waals surface area contributed by atoms with E-state index in [9.17, 15) is 40.5 Å². The highest BCUT2D eigenvalue weighted by Gasteiger charge is 2.52. The first-order chi connectivity index (χ1) is 17.1. The van der Waals surface area contributed by atoms with E-state index < -0.39 is 86.7 Å². The standard InChI is InChI=1S/C20H37ClN2O13/c1-32-8-9(33-2)5-23(20(31)22-4-3-21)18-15(29)14(28)17(11(7-25)34-18)36-19-16(30)13(27)12(26)10(6-24)35-19/h9-19,24-30H,3-8H2,1-2H3,(H,22,31)/t9?,10-,11-,12-,13+,14-,15-,16-,17-,18?,19-/m1/s1. The molecule has 2 aliphatic rings. The molecule has 0 aromatic rings. The predicted molar refractivity (Wildman–Crippen MR) is 120 cm³/mol. The van der Waals surface area contributed by atoms with Crippen LogP contribution in [-0.4, -0.2) is 167 Å². The Morgan fingerprint density at radius 2 is 1.64 bits per heavy atom. The highest BCUT2D eigenvalue weighted by atomic mass is 35.5. The van der Waals surface area contributed by atoms with Crippen molar-refractivity contribution >= 4 is 17.6 Å². The molecule has 11 atom stereocenters. The molecule has 0 aromatic carbocycles. The van der Waals surface area contributed by atoms with Crippen molar-refractivity contribution in [3.05, 3.63) is 0 Å². The second-order valence-electron chi connectivity index (χ2n) is 8.41. The van der Waals surface area contributed by atoms with Gasteiger partial charge in [-0.3, -0.25) is 4.90 Å². The van der Waals surface area contributed by atoms with Gasteiger partial charge in [-0.05, 0) is 0 Å². The van der Waals surface area contributed by atoms with Gasteiger partial charge in [0.2, 0.25) is 0 Å². The van der Waals surface area contributed by atoms with Crippen molar-refractivity contribution in [2.45, 2.75) is 67.5 Å². The van der Waals surface area contributed by atoms with Crippen molar-refractivity contribution < 1.29 is 64.2 Å². The largest absolute Gasteiger partial charge is 0.394 e. The van der Waals surface area contributed by atoms with Crippen LogP contribution in [0.3, 0.4) is 0 Å². The van der Waals surface area contributed by atoms with Gasteiger partial charge in [0.05, 0.1) is 32.5 Å². The number of ether oxygens (including phenoxy) is 5. The highest BCUT2D eigenvalue weighted by Crippen LogP contribution is 2.30. The monoisotopic (exact) mass is 548 g/mol. The summed E-state index contributed by atoms with van der Waals surface area (Å²) in [6, 6.07) is -0.699. The van der Waals surface area contributed by atoms with Gasteiger partial charge < -0.3 is 64.7 Å². The van der Waals surface area contributed by atoms with E-state index in [0.717, 1.165) is 4.90 Å². The normalized spacial score (nSPS) is 37.9. The van der Waals surface area contributed by atoms with Gasteiger partial charge in [-0.1, -0.05) is 0 Å². The van der Waals surface area contributed by atoms with Crippen LogP contribution in [0.2, 0.25) is 0 Å². The third-order valence-electron chi connectivity index (χ3n) is 6.00.